The predicted molar refractivity (Wildman–Crippen MR) is 91.7 cm³/mol. The van der Waals surface area contributed by atoms with Crippen LogP contribution < -0.4 is 10.6 Å². The summed E-state index contributed by atoms with van der Waals surface area (Å²) >= 11 is 3.32. The van der Waals surface area contributed by atoms with E-state index in [0.29, 0.717) is 28.8 Å². The number of nitrogens with one attached hydrogen (secondary N) is 2. The molecule has 0 spiro atoms. The van der Waals surface area contributed by atoms with E-state index in [9.17, 15) is 9.90 Å². The van der Waals surface area contributed by atoms with E-state index in [1.54, 1.807) is 13.3 Å². The number of carbonyl (C=O) groups is 1. The number of halogens is 1. The van der Waals surface area contributed by atoms with Gasteiger partial charge in [-0.3, -0.25) is 0 Å². The summed E-state index contributed by atoms with van der Waals surface area (Å²) in [6.07, 6.45) is 6.34. The van der Waals surface area contributed by atoms with Crippen molar-refractivity contribution < 1.29 is 14.6 Å². The lowest BCUT2D eigenvalue weighted by molar-refractivity contribution is -0.137. The van der Waals surface area contributed by atoms with E-state index in [1.807, 2.05) is 6.92 Å². The van der Waals surface area contributed by atoms with Crippen LogP contribution in [-0.2, 0) is 9.53 Å². The second kappa shape index (κ2) is 8.44. The maximum atomic E-state index is 11.2. The second-order valence-corrected chi connectivity index (χ2v) is 6.50. The van der Waals surface area contributed by atoms with Crippen molar-refractivity contribution in [2.45, 2.75) is 57.2 Å². The van der Waals surface area contributed by atoms with Crippen molar-refractivity contribution in [2.24, 2.45) is 0 Å². The first-order valence-corrected chi connectivity index (χ1v) is 8.64. The molecule has 0 bridgehead atoms. The lowest BCUT2D eigenvalue weighted by atomic mass is 9.93. The summed E-state index contributed by atoms with van der Waals surface area (Å²) in [6.45, 7) is 1.82. The standard InChI is InChI=1S/C15H23BrN4O3/c1-3-11(15(21)22)19-13-14(20-12(16)8-17-13)18-9-4-6-10(23-2)7-5-9/h8-11H,3-7H2,1-2H3,(H,17,19)(H,18,20)(H,21,22). The third kappa shape index (κ3) is 5.04. The molecule has 3 N–H and O–H groups in total. The molecular weight excluding hydrogens is 364 g/mol. The smallest absolute Gasteiger partial charge is 0.326 e. The Hall–Kier alpha value is -1.41. The van der Waals surface area contributed by atoms with E-state index < -0.39 is 12.0 Å². The quantitative estimate of drug-likeness (QED) is 0.662. The van der Waals surface area contributed by atoms with Crippen molar-refractivity contribution in [3.05, 3.63) is 10.8 Å². The van der Waals surface area contributed by atoms with Crippen LogP contribution in [-0.4, -0.2) is 46.3 Å². The van der Waals surface area contributed by atoms with Gasteiger partial charge in [-0.1, -0.05) is 6.92 Å². The molecule has 2 rings (SSSR count). The molecule has 23 heavy (non-hydrogen) atoms. The van der Waals surface area contributed by atoms with Gasteiger partial charge in [0.05, 0.1) is 12.3 Å². The Morgan fingerprint density at radius 3 is 2.70 bits per heavy atom. The molecule has 1 unspecified atom stereocenters. The van der Waals surface area contributed by atoms with Crippen LogP contribution in [0.5, 0.6) is 0 Å². The van der Waals surface area contributed by atoms with E-state index in [-0.39, 0.29) is 6.04 Å². The third-order valence-electron chi connectivity index (χ3n) is 4.11. The van der Waals surface area contributed by atoms with Gasteiger partial charge in [0, 0.05) is 13.2 Å². The minimum atomic E-state index is -0.899. The number of nitrogens with zero attached hydrogens (tertiary/aromatic N) is 2. The molecule has 1 aliphatic rings. The highest BCUT2D eigenvalue weighted by atomic mass is 79.9. The number of aliphatic carboxylic acids is 1. The van der Waals surface area contributed by atoms with Crippen LogP contribution in [0.2, 0.25) is 0 Å². The van der Waals surface area contributed by atoms with Gasteiger partial charge in [0.2, 0.25) is 0 Å². The van der Waals surface area contributed by atoms with Gasteiger partial charge in [0.25, 0.3) is 0 Å². The Labute approximate surface area is 144 Å². The fourth-order valence-electron chi connectivity index (χ4n) is 2.71. The first-order valence-electron chi connectivity index (χ1n) is 7.84. The molecule has 128 valence electrons. The summed E-state index contributed by atoms with van der Waals surface area (Å²) in [5.74, 6) is 0.153. The van der Waals surface area contributed by atoms with Crippen molar-refractivity contribution in [2.75, 3.05) is 17.7 Å². The number of methoxy groups -OCH3 is 1. The van der Waals surface area contributed by atoms with E-state index in [1.165, 1.54) is 0 Å². The summed E-state index contributed by atoms with van der Waals surface area (Å²) in [5.41, 5.74) is 0. The number of anilines is 2. The molecule has 0 radical (unpaired) electrons. The van der Waals surface area contributed by atoms with Gasteiger partial charge in [-0.15, -0.1) is 0 Å². The van der Waals surface area contributed by atoms with E-state index >= 15 is 0 Å². The number of rotatable bonds is 7. The Bertz CT molecular complexity index is 535. The van der Waals surface area contributed by atoms with Crippen LogP contribution >= 0.6 is 15.9 Å². The lowest BCUT2D eigenvalue weighted by Gasteiger charge is -2.29. The molecule has 1 saturated carbocycles. The molecule has 0 aromatic carbocycles. The first kappa shape index (κ1) is 17.9. The first-order chi connectivity index (χ1) is 11.0. The molecule has 1 atom stereocenters. The molecular formula is C15H23BrN4O3. The fourth-order valence-corrected chi connectivity index (χ4v) is 2.99. The number of hydrogen-bond donors (Lipinski definition) is 3. The molecule has 1 aliphatic carbocycles. The number of aromatic nitrogens is 2. The van der Waals surface area contributed by atoms with E-state index in [2.05, 4.69) is 36.5 Å². The molecule has 0 saturated heterocycles. The van der Waals surface area contributed by atoms with Crippen LogP contribution in [0.3, 0.4) is 0 Å². The monoisotopic (exact) mass is 386 g/mol. The highest BCUT2D eigenvalue weighted by Crippen LogP contribution is 2.27. The van der Waals surface area contributed by atoms with Gasteiger partial charge in [0.15, 0.2) is 11.6 Å². The number of hydrogen-bond acceptors (Lipinski definition) is 6. The Morgan fingerprint density at radius 1 is 1.43 bits per heavy atom. The zero-order valence-corrected chi connectivity index (χ0v) is 15.0. The maximum Gasteiger partial charge on any atom is 0.326 e. The summed E-state index contributed by atoms with van der Waals surface area (Å²) in [7, 11) is 1.75. The van der Waals surface area contributed by atoms with Crippen molar-refractivity contribution in [3.63, 3.8) is 0 Å². The van der Waals surface area contributed by atoms with Crippen molar-refractivity contribution in [1.82, 2.24) is 9.97 Å². The van der Waals surface area contributed by atoms with Gasteiger partial charge in [0.1, 0.15) is 10.6 Å². The van der Waals surface area contributed by atoms with Crippen LogP contribution in [0.1, 0.15) is 39.0 Å². The molecule has 1 aromatic heterocycles. The summed E-state index contributed by atoms with van der Waals surface area (Å²) in [6, 6.07) is -0.397. The van der Waals surface area contributed by atoms with Gasteiger partial charge < -0.3 is 20.5 Å². The van der Waals surface area contributed by atoms with E-state index in [0.717, 1.165) is 25.7 Å². The average Bonchev–Trinajstić information content (AvgIpc) is 2.54. The highest BCUT2D eigenvalue weighted by Gasteiger charge is 2.23. The van der Waals surface area contributed by atoms with Crippen molar-refractivity contribution >= 4 is 33.5 Å². The summed E-state index contributed by atoms with van der Waals surface area (Å²) in [5, 5.41) is 15.5. The molecule has 0 amide bonds. The molecule has 7 nitrogen and oxygen atoms in total. The molecule has 0 aliphatic heterocycles. The summed E-state index contributed by atoms with van der Waals surface area (Å²) in [4.78, 5) is 19.9. The van der Waals surface area contributed by atoms with Gasteiger partial charge in [-0.25, -0.2) is 14.8 Å². The highest BCUT2D eigenvalue weighted by molar-refractivity contribution is 9.10. The molecule has 1 fully saturated rings. The third-order valence-corrected chi connectivity index (χ3v) is 4.49. The predicted octanol–water partition coefficient (Wildman–Crippen LogP) is 2.88. The Balaban J connectivity index is 2.08. The van der Waals surface area contributed by atoms with Crippen LogP contribution in [0.4, 0.5) is 11.6 Å². The number of carboxylic acids is 1. The van der Waals surface area contributed by atoms with Crippen molar-refractivity contribution in [3.8, 4) is 0 Å². The van der Waals surface area contributed by atoms with Crippen LogP contribution in [0.25, 0.3) is 0 Å². The topological polar surface area (TPSA) is 96.4 Å². The second-order valence-electron chi connectivity index (χ2n) is 5.69. The largest absolute Gasteiger partial charge is 0.480 e. The number of ether oxygens (including phenoxy) is 1. The zero-order chi connectivity index (χ0) is 16.8. The summed E-state index contributed by atoms with van der Waals surface area (Å²) < 4.78 is 6.00. The molecule has 8 heteroatoms. The molecule has 1 heterocycles. The van der Waals surface area contributed by atoms with E-state index in [4.69, 9.17) is 4.74 Å². The Morgan fingerprint density at radius 2 is 2.13 bits per heavy atom. The van der Waals surface area contributed by atoms with Crippen molar-refractivity contribution in [1.29, 1.82) is 0 Å². The SMILES string of the molecule is CCC(Nc1ncc(Br)nc1NC1CCC(OC)CC1)C(=O)O. The average molecular weight is 387 g/mol. The number of carboxylic acid groups (broad SMARTS) is 1. The minimum Gasteiger partial charge on any atom is -0.480 e. The maximum absolute atomic E-state index is 11.2. The van der Waals surface area contributed by atoms with Crippen LogP contribution in [0, 0.1) is 0 Å². The minimum absolute atomic E-state index is 0.287. The zero-order valence-electron chi connectivity index (χ0n) is 13.4. The fraction of sp³-hybridized carbons (Fsp3) is 0.667. The lowest BCUT2D eigenvalue weighted by Crippen LogP contribution is -2.32. The normalized spacial score (nSPS) is 22.4. The van der Waals surface area contributed by atoms with Gasteiger partial charge >= 0.3 is 5.97 Å². The molecule has 1 aromatic rings. The van der Waals surface area contributed by atoms with Gasteiger partial charge in [-0.2, -0.15) is 0 Å². The Kier molecular flexibility index (Phi) is 6.59. The van der Waals surface area contributed by atoms with Crippen LogP contribution in [0.15, 0.2) is 10.8 Å². The van der Waals surface area contributed by atoms with Gasteiger partial charge in [-0.05, 0) is 48.0 Å².